The summed E-state index contributed by atoms with van der Waals surface area (Å²) >= 11 is 0. The van der Waals surface area contributed by atoms with Gasteiger partial charge in [0.05, 0.1) is 6.04 Å². The van der Waals surface area contributed by atoms with E-state index in [2.05, 4.69) is 43.4 Å². The first kappa shape index (κ1) is 13.7. The van der Waals surface area contributed by atoms with Crippen molar-refractivity contribution in [2.45, 2.75) is 45.6 Å². The summed E-state index contributed by atoms with van der Waals surface area (Å²) in [5.74, 6) is 2.73. The molecule has 0 radical (unpaired) electrons. The third-order valence-corrected chi connectivity index (χ3v) is 4.71. The Morgan fingerprint density at radius 3 is 2.65 bits per heavy atom. The molecule has 108 valence electrons. The fourth-order valence-corrected chi connectivity index (χ4v) is 3.49. The number of rotatable bonds is 4. The summed E-state index contributed by atoms with van der Waals surface area (Å²) in [6, 6.07) is 10.9. The van der Waals surface area contributed by atoms with Crippen molar-refractivity contribution in [3.05, 3.63) is 36.1 Å². The molecule has 2 heteroatoms. The number of hydrogen-bond acceptors (Lipinski definition) is 2. The minimum atomic E-state index is 0.375. The molecule has 3 rings (SSSR count). The highest BCUT2D eigenvalue weighted by molar-refractivity contribution is 5.77. The Labute approximate surface area is 121 Å². The molecule has 2 nitrogen and oxygen atoms in total. The van der Waals surface area contributed by atoms with E-state index in [0.29, 0.717) is 12.0 Å². The second-order valence-corrected chi connectivity index (χ2v) is 6.24. The summed E-state index contributed by atoms with van der Waals surface area (Å²) in [6.07, 6.45) is 5.34. The summed E-state index contributed by atoms with van der Waals surface area (Å²) in [5.41, 5.74) is 1.01. The minimum Gasteiger partial charge on any atom is -0.459 e. The Kier molecular flexibility index (Phi) is 4.11. The number of nitrogens with one attached hydrogen (secondary N) is 1. The van der Waals surface area contributed by atoms with Crippen LogP contribution < -0.4 is 5.32 Å². The van der Waals surface area contributed by atoms with Gasteiger partial charge in [-0.3, -0.25) is 0 Å². The molecule has 1 saturated carbocycles. The average Bonchev–Trinajstić information content (AvgIpc) is 2.89. The van der Waals surface area contributed by atoms with Gasteiger partial charge in [-0.15, -0.1) is 0 Å². The van der Waals surface area contributed by atoms with E-state index in [-0.39, 0.29) is 0 Å². The van der Waals surface area contributed by atoms with E-state index in [1.54, 1.807) is 0 Å². The van der Waals surface area contributed by atoms with Gasteiger partial charge in [0, 0.05) is 5.39 Å². The van der Waals surface area contributed by atoms with Crippen molar-refractivity contribution >= 4 is 11.0 Å². The van der Waals surface area contributed by atoms with E-state index >= 15 is 0 Å². The van der Waals surface area contributed by atoms with Crippen LogP contribution in [-0.2, 0) is 0 Å². The van der Waals surface area contributed by atoms with Gasteiger partial charge >= 0.3 is 0 Å². The van der Waals surface area contributed by atoms with E-state index in [1.165, 1.54) is 31.1 Å². The molecule has 1 fully saturated rings. The molecule has 1 aliphatic carbocycles. The molecule has 1 aromatic heterocycles. The smallest absolute Gasteiger partial charge is 0.134 e. The highest BCUT2D eigenvalue weighted by Crippen LogP contribution is 2.38. The summed E-state index contributed by atoms with van der Waals surface area (Å²) in [6.45, 7) is 5.55. The van der Waals surface area contributed by atoms with Crippen LogP contribution in [0.4, 0.5) is 0 Å². The van der Waals surface area contributed by atoms with Crippen molar-refractivity contribution in [1.82, 2.24) is 5.32 Å². The van der Waals surface area contributed by atoms with Crippen molar-refractivity contribution in [1.29, 1.82) is 0 Å². The van der Waals surface area contributed by atoms with E-state index in [4.69, 9.17) is 4.42 Å². The molecule has 0 saturated heterocycles. The van der Waals surface area contributed by atoms with Crippen LogP contribution >= 0.6 is 0 Å². The van der Waals surface area contributed by atoms with Gasteiger partial charge in [0.25, 0.3) is 0 Å². The van der Waals surface area contributed by atoms with Crippen molar-refractivity contribution in [2.75, 3.05) is 6.54 Å². The SMILES string of the molecule is CCNC(c1cc2ccccc2o1)C1CCC(C)CC1. The molecule has 20 heavy (non-hydrogen) atoms. The van der Waals surface area contributed by atoms with Gasteiger partial charge in [0.15, 0.2) is 0 Å². The summed E-state index contributed by atoms with van der Waals surface area (Å²) in [4.78, 5) is 0. The second kappa shape index (κ2) is 6.01. The second-order valence-electron chi connectivity index (χ2n) is 6.24. The topological polar surface area (TPSA) is 25.2 Å². The zero-order valence-electron chi connectivity index (χ0n) is 12.6. The zero-order chi connectivity index (χ0) is 13.9. The highest BCUT2D eigenvalue weighted by atomic mass is 16.3. The van der Waals surface area contributed by atoms with Crippen LogP contribution in [0.3, 0.4) is 0 Å². The monoisotopic (exact) mass is 271 g/mol. The lowest BCUT2D eigenvalue weighted by atomic mass is 9.78. The van der Waals surface area contributed by atoms with Crippen molar-refractivity contribution in [2.24, 2.45) is 11.8 Å². The Hall–Kier alpha value is -1.28. The molecule has 1 aliphatic rings. The molecular formula is C18H25NO. The predicted octanol–water partition coefficient (Wildman–Crippen LogP) is 4.91. The van der Waals surface area contributed by atoms with Crippen molar-refractivity contribution < 1.29 is 4.42 Å². The van der Waals surface area contributed by atoms with Gasteiger partial charge in [-0.1, -0.05) is 44.9 Å². The lowest BCUT2D eigenvalue weighted by Gasteiger charge is -2.32. The fraction of sp³-hybridized carbons (Fsp3) is 0.556. The van der Waals surface area contributed by atoms with Gasteiger partial charge in [-0.25, -0.2) is 0 Å². The third-order valence-electron chi connectivity index (χ3n) is 4.71. The Balaban J connectivity index is 1.85. The van der Waals surface area contributed by atoms with Crippen LogP contribution in [0.1, 0.15) is 51.3 Å². The van der Waals surface area contributed by atoms with Crippen LogP contribution in [0.15, 0.2) is 34.7 Å². The van der Waals surface area contributed by atoms with Crippen molar-refractivity contribution in [3.8, 4) is 0 Å². The molecule has 1 atom stereocenters. The molecule has 0 amide bonds. The number of para-hydroxylation sites is 1. The Bertz CT molecular complexity index is 518. The molecular weight excluding hydrogens is 246 g/mol. The Morgan fingerprint density at radius 1 is 1.20 bits per heavy atom. The number of hydrogen-bond donors (Lipinski definition) is 1. The Morgan fingerprint density at radius 2 is 1.95 bits per heavy atom. The average molecular weight is 271 g/mol. The number of furan rings is 1. The van der Waals surface area contributed by atoms with E-state index in [9.17, 15) is 0 Å². The molecule has 1 aromatic carbocycles. The highest BCUT2D eigenvalue weighted by Gasteiger charge is 2.28. The maximum Gasteiger partial charge on any atom is 0.134 e. The number of fused-ring (bicyclic) bond motifs is 1. The molecule has 0 spiro atoms. The van der Waals surface area contributed by atoms with Gasteiger partial charge < -0.3 is 9.73 Å². The summed E-state index contributed by atoms with van der Waals surface area (Å²) in [7, 11) is 0. The van der Waals surface area contributed by atoms with Crippen LogP contribution in [0, 0.1) is 11.8 Å². The lowest BCUT2D eigenvalue weighted by Crippen LogP contribution is -2.30. The first-order valence-electron chi connectivity index (χ1n) is 7.99. The summed E-state index contributed by atoms with van der Waals surface area (Å²) < 4.78 is 6.10. The quantitative estimate of drug-likeness (QED) is 0.854. The van der Waals surface area contributed by atoms with Crippen LogP contribution in [0.5, 0.6) is 0 Å². The zero-order valence-corrected chi connectivity index (χ0v) is 12.6. The third kappa shape index (κ3) is 2.76. The van der Waals surface area contributed by atoms with Crippen LogP contribution in [0.2, 0.25) is 0 Å². The van der Waals surface area contributed by atoms with Gasteiger partial charge in [0.2, 0.25) is 0 Å². The molecule has 2 aromatic rings. The van der Waals surface area contributed by atoms with Crippen molar-refractivity contribution in [3.63, 3.8) is 0 Å². The molecule has 1 heterocycles. The van der Waals surface area contributed by atoms with E-state index < -0.39 is 0 Å². The largest absolute Gasteiger partial charge is 0.459 e. The molecule has 1 unspecified atom stereocenters. The first-order valence-corrected chi connectivity index (χ1v) is 7.99. The maximum atomic E-state index is 6.10. The standard InChI is InChI=1S/C18H25NO/c1-3-19-18(14-10-8-13(2)9-11-14)17-12-15-6-4-5-7-16(15)20-17/h4-7,12-14,18-19H,3,8-11H2,1-2H3. The van der Waals surface area contributed by atoms with Crippen LogP contribution in [-0.4, -0.2) is 6.54 Å². The van der Waals surface area contributed by atoms with Crippen LogP contribution in [0.25, 0.3) is 11.0 Å². The number of benzene rings is 1. The van der Waals surface area contributed by atoms with E-state index in [1.807, 2.05) is 6.07 Å². The normalized spacial score (nSPS) is 24.9. The predicted molar refractivity (Wildman–Crippen MR) is 83.8 cm³/mol. The first-order chi connectivity index (χ1) is 9.78. The fourth-order valence-electron chi connectivity index (χ4n) is 3.49. The maximum absolute atomic E-state index is 6.10. The molecule has 0 aliphatic heterocycles. The van der Waals surface area contributed by atoms with Gasteiger partial charge in [-0.2, -0.15) is 0 Å². The van der Waals surface area contributed by atoms with Gasteiger partial charge in [0.1, 0.15) is 11.3 Å². The lowest BCUT2D eigenvalue weighted by molar-refractivity contribution is 0.216. The minimum absolute atomic E-state index is 0.375. The van der Waals surface area contributed by atoms with E-state index in [0.717, 1.165) is 23.8 Å². The molecule has 0 bridgehead atoms. The summed E-state index contributed by atoms with van der Waals surface area (Å²) in [5, 5.41) is 4.87. The molecule has 1 N–H and O–H groups in total. The van der Waals surface area contributed by atoms with Gasteiger partial charge in [-0.05, 0) is 43.4 Å².